The van der Waals surface area contributed by atoms with Crippen molar-refractivity contribution in [2.24, 2.45) is 0 Å². The predicted molar refractivity (Wildman–Crippen MR) is 77.1 cm³/mol. The van der Waals surface area contributed by atoms with Crippen molar-refractivity contribution < 1.29 is 14.7 Å². The Morgan fingerprint density at radius 2 is 1.42 bits per heavy atom. The molecule has 0 saturated carbocycles. The molecule has 1 amide bonds. The third kappa shape index (κ3) is 14.9. The highest BCUT2D eigenvalue weighted by Crippen LogP contribution is 2.05. The van der Waals surface area contributed by atoms with Crippen LogP contribution >= 0.6 is 0 Å². The molecule has 4 nitrogen and oxygen atoms in total. The van der Waals surface area contributed by atoms with Crippen molar-refractivity contribution in [2.75, 3.05) is 6.54 Å². The summed E-state index contributed by atoms with van der Waals surface area (Å²) in [6.45, 7) is 2.92. The van der Waals surface area contributed by atoms with Crippen LogP contribution in [0.3, 0.4) is 0 Å². The number of hydrogen-bond donors (Lipinski definition) is 2. The summed E-state index contributed by atoms with van der Waals surface area (Å²) in [7, 11) is 0. The van der Waals surface area contributed by atoms with Crippen molar-refractivity contribution in [1.82, 2.24) is 5.32 Å². The fourth-order valence-corrected chi connectivity index (χ4v) is 1.96. The number of amides is 1. The van der Waals surface area contributed by atoms with Gasteiger partial charge in [-0.25, -0.2) is 0 Å². The second-order valence-electron chi connectivity index (χ2n) is 5.07. The first-order valence-electron chi connectivity index (χ1n) is 7.65. The molecule has 0 atom stereocenters. The number of rotatable bonds is 13. The minimum atomic E-state index is -0.713. The Morgan fingerprint density at radius 1 is 0.842 bits per heavy atom. The molecule has 0 aromatic rings. The summed E-state index contributed by atoms with van der Waals surface area (Å²) in [5.74, 6) is -0.544. The topological polar surface area (TPSA) is 66.4 Å². The molecule has 0 unspecified atom stereocenters. The molecule has 0 fully saturated rings. The monoisotopic (exact) mass is 271 g/mol. The van der Waals surface area contributed by atoms with Gasteiger partial charge >= 0.3 is 5.97 Å². The van der Waals surface area contributed by atoms with Gasteiger partial charge in [-0.15, -0.1) is 0 Å². The quantitative estimate of drug-likeness (QED) is 0.504. The van der Waals surface area contributed by atoms with Gasteiger partial charge in [0.2, 0.25) is 5.91 Å². The minimum absolute atomic E-state index is 0.169. The van der Waals surface area contributed by atoms with E-state index in [9.17, 15) is 9.59 Å². The van der Waals surface area contributed by atoms with Crippen LogP contribution in [0.5, 0.6) is 0 Å². The van der Waals surface area contributed by atoms with E-state index in [-0.39, 0.29) is 12.3 Å². The maximum atomic E-state index is 11.4. The smallest absolute Gasteiger partial charge is 0.303 e. The Morgan fingerprint density at radius 3 is 2.11 bits per heavy atom. The molecule has 0 bridgehead atoms. The van der Waals surface area contributed by atoms with Crippen LogP contribution in [0.15, 0.2) is 0 Å². The number of carboxylic acids is 1. The zero-order chi connectivity index (χ0) is 14.3. The molecule has 0 rings (SSSR count). The van der Waals surface area contributed by atoms with Gasteiger partial charge in [0.25, 0.3) is 0 Å². The van der Waals surface area contributed by atoms with Gasteiger partial charge in [-0.05, 0) is 19.3 Å². The van der Waals surface area contributed by atoms with E-state index in [1.165, 1.54) is 12.8 Å². The van der Waals surface area contributed by atoms with Crippen LogP contribution in [-0.4, -0.2) is 23.5 Å². The first-order valence-corrected chi connectivity index (χ1v) is 7.65. The summed E-state index contributed by atoms with van der Waals surface area (Å²) in [6, 6.07) is 0. The minimum Gasteiger partial charge on any atom is -0.481 e. The lowest BCUT2D eigenvalue weighted by molar-refractivity contribution is -0.137. The average Bonchev–Trinajstić information content (AvgIpc) is 2.37. The highest BCUT2D eigenvalue weighted by molar-refractivity contribution is 5.75. The largest absolute Gasteiger partial charge is 0.481 e. The lowest BCUT2D eigenvalue weighted by Crippen LogP contribution is -2.23. The fourth-order valence-electron chi connectivity index (χ4n) is 1.96. The number of unbranched alkanes of at least 4 members (excludes halogenated alkanes) is 7. The van der Waals surface area contributed by atoms with Gasteiger partial charge < -0.3 is 10.4 Å². The van der Waals surface area contributed by atoms with Crippen LogP contribution in [0.1, 0.15) is 77.6 Å². The van der Waals surface area contributed by atoms with Crippen LogP contribution in [0.2, 0.25) is 0 Å². The average molecular weight is 271 g/mol. The summed E-state index contributed by atoms with van der Waals surface area (Å²) >= 11 is 0. The van der Waals surface area contributed by atoms with Gasteiger partial charge in [0.1, 0.15) is 0 Å². The molecule has 0 aromatic carbocycles. The predicted octanol–water partition coefficient (Wildman–Crippen LogP) is 3.50. The maximum Gasteiger partial charge on any atom is 0.303 e. The van der Waals surface area contributed by atoms with Gasteiger partial charge in [0.15, 0.2) is 0 Å². The Bertz CT molecular complexity index is 242. The van der Waals surface area contributed by atoms with Crippen LogP contribution in [0, 0.1) is 0 Å². The van der Waals surface area contributed by atoms with Crippen molar-refractivity contribution in [3.05, 3.63) is 0 Å². The summed E-state index contributed by atoms with van der Waals surface area (Å²) in [6.07, 6.45) is 10.3. The van der Waals surface area contributed by atoms with Gasteiger partial charge in [-0.1, -0.05) is 45.4 Å². The number of carbonyl (C=O) groups is 2. The molecule has 0 saturated heterocycles. The van der Waals surface area contributed by atoms with Crippen LogP contribution in [0.25, 0.3) is 0 Å². The zero-order valence-corrected chi connectivity index (χ0v) is 12.2. The van der Waals surface area contributed by atoms with E-state index >= 15 is 0 Å². The number of aliphatic carboxylic acids is 1. The molecule has 0 aliphatic carbocycles. The number of carboxylic acid groups (broad SMARTS) is 1. The van der Waals surface area contributed by atoms with Gasteiger partial charge in [0.05, 0.1) is 0 Å². The van der Waals surface area contributed by atoms with E-state index in [2.05, 4.69) is 12.2 Å². The summed E-state index contributed by atoms with van der Waals surface area (Å²) in [5, 5.41) is 11.4. The van der Waals surface area contributed by atoms with Crippen LogP contribution in [0.4, 0.5) is 0 Å². The molecule has 0 radical (unpaired) electrons. The summed E-state index contributed by atoms with van der Waals surface area (Å²) < 4.78 is 0. The second-order valence-corrected chi connectivity index (χ2v) is 5.07. The van der Waals surface area contributed by atoms with Crippen molar-refractivity contribution >= 4 is 11.9 Å². The Labute approximate surface area is 117 Å². The Kier molecular flexibility index (Phi) is 12.6. The Balaban J connectivity index is 3.16. The molecular formula is C15H29NO3. The van der Waals surface area contributed by atoms with E-state index in [1.807, 2.05) is 0 Å². The normalized spacial score (nSPS) is 10.4. The lowest BCUT2D eigenvalue weighted by atomic mass is 10.1. The zero-order valence-electron chi connectivity index (χ0n) is 12.2. The molecule has 0 aliphatic rings. The highest BCUT2D eigenvalue weighted by Gasteiger charge is 2.00. The van der Waals surface area contributed by atoms with E-state index < -0.39 is 5.97 Å². The van der Waals surface area contributed by atoms with Gasteiger partial charge in [-0.3, -0.25) is 9.59 Å². The Hall–Kier alpha value is -1.06. The second kappa shape index (κ2) is 13.4. The first-order chi connectivity index (χ1) is 9.16. The number of carbonyl (C=O) groups excluding carboxylic acids is 1. The number of hydrogen-bond acceptors (Lipinski definition) is 2. The van der Waals surface area contributed by atoms with Crippen molar-refractivity contribution in [2.45, 2.75) is 77.6 Å². The van der Waals surface area contributed by atoms with E-state index in [0.717, 1.165) is 51.5 Å². The standard InChI is InChI=1S/C15H29NO3/c1-2-3-4-8-11-14(17)16-13-10-7-5-6-9-12-15(18)19/h2-13H2,1H3,(H,16,17)(H,18,19). The van der Waals surface area contributed by atoms with E-state index in [0.29, 0.717) is 6.42 Å². The van der Waals surface area contributed by atoms with Gasteiger partial charge in [-0.2, -0.15) is 0 Å². The third-order valence-corrected chi connectivity index (χ3v) is 3.15. The summed E-state index contributed by atoms with van der Waals surface area (Å²) in [5.41, 5.74) is 0. The van der Waals surface area contributed by atoms with Gasteiger partial charge in [0, 0.05) is 19.4 Å². The van der Waals surface area contributed by atoms with E-state index in [4.69, 9.17) is 5.11 Å². The third-order valence-electron chi connectivity index (χ3n) is 3.15. The molecule has 19 heavy (non-hydrogen) atoms. The molecule has 0 aromatic heterocycles. The molecule has 0 heterocycles. The lowest BCUT2D eigenvalue weighted by Gasteiger charge is -2.05. The highest BCUT2D eigenvalue weighted by atomic mass is 16.4. The first kappa shape index (κ1) is 17.9. The SMILES string of the molecule is CCCCCCC(=O)NCCCCCCCC(=O)O. The maximum absolute atomic E-state index is 11.4. The molecule has 112 valence electrons. The van der Waals surface area contributed by atoms with Crippen molar-refractivity contribution in [3.63, 3.8) is 0 Å². The van der Waals surface area contributed by atoms with Crippen molar-refractivity contribution in [3.8, 4) is 0 Å². The van der Waals surface area contributed by atoms with Crippen LogP contribution in [-0.2, 0) is 9.59 Å². The molecule has 4 heteroatoms. The molecule has 0 spiro atoms. The molecule has 0 aliphatic heterocycles. The van der Waals surface area contributed by atoms with Crippen molar-refractivity contribution in [1.29, 1.82) is 0 Å². The fraction of sp³-hybridized carbons (Fsp3) is 0.867. The molecular weight excluding hydrogens is 242 g/mol. The van der Waals surface area contributed by atoms with Crippen LogP contribution < -0.4 is 5.32 Å². The van der Waals surface area contributed by atoms with E-state index in [1.54, 1.807) is 0 Å². The number of nitrogens with one attached hydrogen (secondary N) is 1. The summed E-state index contributed by atoms with van der Waals surface area (Å²) in [4.78, 5) is 21.7. The molecule has 2 N–H and O–H groups in total.